The van der Waals surface area contributed by atoms with E-state index in [-0.39, 0.29) is 18.4 Å². The summed E-state index contributed by atoms with van der Waals surface area (Å²) in [4.78, 5) is 49.7. The van der Waals surface area contributed by atoms with Gasteiger partial charge in [0, 0.05) is 12.8 Å². The molecule has 0 aliphatic heterocycles. The number of carbonyl (C=O) groups is 3. The Labute approximate surface area is 149 Å². The lowest BCUT2D eigenvalue weighted by Crippen LogP contribution is -2.39. The number of benzene rings is 1. The van der Waals surface area contributed by atoms with E-state index in [1.54, 1.807) is 31.2 Å². The van der Waals surface area contributed by atoms with Crippen LogP contribution in [0.5, 0.6) is 5.75 Å². The van der Waals surface area contributed by atoms with Gasteiger partial charge in [-0.3, -0.25) is 19.2 Å². The monoisotopic (exact) mass is 354 g/mol. The fourth-order valence-corrected chi connectivity index (χ4v) is 3.04. The van der Waals surface area contributed by atoms with Crippen LogP contribution in [-0.4, -0.2) is 34.2 Å². The zero-order valence-corrected chi connectivity index (χ0v) is 14.5. The molecule has 0 radical (unpaired) electrons. The number of aromatic nitrogens is 2. The summed E-state index contributed by atoms with van der Waals surface area (Å²) < 4.78 is 6.18. The van der Waals surface area contributed by atoms with Crippen LogP contribution in [0.1, 0.15) is 35.3 Å². The molecule has 134 valence electrons. The van der Waals surface area contributed by atoms with Crippen LogP contribution >= 0.6 is 0 Å². The maximum absolute atomic E-state index is 12.8. The molecule has 0 unspecified atom stereocenters. The van der Waals surface area contributed by atoms with Crippen molar-refractivity contribution >= 4 is 17.3 Å². The molecule has 3 rings (SSSR count). The summed E-state index contributed by atoms with van der Waals surface area (Å²) in [5.74, 6) is -2.34. The third-order valence-electron chi connectivity index (χ3n) is 4.37. The van der Waals surface area contributed by atoms with Crippen molar-refractivity contribution in [3.05, 3.63) is 51.9 Å². The number of Topliss-reactive ketones (excluding diaryl/α,β-unsaturated/α-hetero) is 3. The summed E-state index contributed by atoms with van der Waals surface area (Å²) in [6.45, 7) is 1.64. The SMILES string of the molecule is COc1ccc(-n2nc(C)cc(C(=O)C3C(=O)CCCC3=O)c2=O)cc1. The first-order valence-corrected chi connectivity index (χ1v) is 8.27. The fourth-order valence-electron chi connectivity index (χ4n) is 3.04. The van der Waals surface area contributed by atoms with Crippen molar-refractivity contribution in [3.63, 3.8) is 0 Å². The Kier molecular flexibility index (Phi) is 4.79. The summed E-state index contributed by atoms with van der Waals surface area (Å²) in [6.07, 6.45) is 0.810. The molecule has 1 heterocycles. The fraction of sp³-hybridized carbons (Fsp3) is 0.316. The first-order valence-electron chi connectivity index (χ1n) is 8.27. The highest BCUT2D eigenvalue weighted by Gasteiger charge is 2.37. The van der Waals surface area contributed by atoms with Crippen LogP contribution in [-0.2, 0) is 9.59 Å². The molecule has 7 heteroatoms. The van der Waals surface area contributed by atoms with Crippen LogP contribution in [0.4, 0.5) is 0 Å². The van der Waals surface area contributed by atoms with E-state index >= 15 is 0 Å². The predicted molar refractivity (Wildman–Crippen MR) is 92.8 cm³/mol. The van der Waals surface area contributed by atoms with Crippen molar-refractivity contribution in [1.29, 1.82) is 0 Å². The zero-order valence-electron chi connectivity index (χ0n) is 14.5. The average molecular weight is 354 g/mol. The highest BCUT2D eigenvalue weighted by molar-refractivity contribution is 6.25. The van der Waals surface area contributed by atoms with Gasteiger partial charge in [0.2, 0.25) is 0 Å². The number of hydrogen-bond donors (Lipinski definition) is 0. The first kappa shape index (κ1) is 17.7. The second kappa shape index (κ2) is 7.03. The highest BCUT2D eigenvalue weighted by Crippen LogP contribution is 2.21. The van der Waals surface area contributed by atoms with Gasteiger partial charge in [-0.1, -0.05) is 0 Å². The van der Waals surface area contributed by atoms with Gasteiger partial charge in [0.1, 0.15) is 11.7 Å². The van der Waals surface area contributed by atoms with Crippen molar-refractivity contribution in [2.45, 2.75) is 26.2 Å². The van der Waals surface area contributed by atoms with Gasteiger partial charge in [-0.2, -0.15) is 9.78 Å². The van der Waals surface area contributed by atoms with Crippen LogP contribution in [0.3, 0.4) is 0 Å². The number of methoxy groups -OCH3 is 1. The number of ether oxygens (including phenoxy) is 1. The van der Waals surface area contributed by atoms with Crippen molar-refractivity contribution in [1.82, 2.24) is 9.78 Å². The van der Waals surface area contributed by atoms with E-state index in [0.29, 0.717) is 23.6 Å². The van der Waals surface area contributed by atoms with E-state index in [1.165, 1.54) is 13.2 Å². The van der Waals surface area contributed by atoms with Gasteiger partial charge in [-0.15, -0.1) is 0 Å². The van der Waals surface area contributed by atoms with Crippen LogP contribution < -0.4 is 10.3 Å². The molecular formula is C19H18N2O5. The van der Waals surface area contributed by atoms with E-state index < -0.39 is 28.8 Å². The van der Waals surface area contributed by atoms with E-state index in [2.05, 4.69) is 5.10 Å². The Morgan fingerprint density at radius 3 is 2.31 bits per heavy atom. The second-order valence-electron chi connectivity index (χ2n) is 6.20. The smallest absolute Gasteiger partial charge is 0.282 e. The Balaban J connectivity index is 2.07. The molecular weight excluding hydrogens is 336 g/mol. The summed E-state index contributed by atoms with van der Waals surface area (Å²) in [7, 11) is 1.53. The van der Waals surface area contributed by atoms with Crippen molar-refractivity contribution in [2.24, 2.45) is 5.92 Å². The maximum Gasteiger partial charge on any atom is 0.282 e. The molecule has 0 amide bonds. The number of hydrogen-bond acceptors (Lipinski definition) is 6. The number of rotatable bonds is 4. The van der Waals surface area contributed by atoms with Crippen molar-refractivity contribution < 1.29 is 19.1 Å². The molecule has 0 atom stereocenters. The lowest BCUT2D eigenvalue weighted by atomic mass is 9.82. The molecule has 1 aliphatic rings. The first-order chi connectivity index (χ1) is 12.4. The second-order valence-corrected chi connectivity index (χ2v) is 6.20. The van der Waals surface area contributed by atoms with Gasteiger partial charge in [0.15, 0.2) is 17.3 Å². The molecule has 1 aliphatic carbocycles. The topological polar surface area (TPSA) is 95.3 Å². The van der Waals surface area contributed by atoms with E-state index in [0.717, 1.165) is 4.68 Å². The molecule has 1 fully saturated rings. The zero-order chi connectivity index (χ0) is 18.8. The van der Waals surface area contributed by atoms with Crippen LogP contribution in [0.15, 0.2) is 35.1 Å². The quantitative estimate of drug-likeness (QED) is 0.612. The number of ketones is 3. The molecule has 1 saturated carbocycles. The van der Waals surface area contributed by atoms with Gasteiger partial charge in [0.25, 0.3) is 5.56 Å². The summed E-state index contributed by atoms with van der Waals surface area (Å²) in [6, 6.07) is 7.94. The van der Waals surface area contributed by atoms with Gasteiger partial charge in [-0.25, -0.2) is 0 Å². The minimum absolute atomic E-state index is 0.179. The minimum atomic E-state index is -1.37. The normalized spacial score (nSPS) is 15.2. The number of aryl methyl sites for hydroxylation is 1. The average Bonchev–Trinajstić information content (AvgIpc) is 2.63. The lowest BCUT2D eigenvalue weighted by molar-refractivity contribution is -0.133. The van der Waals surface area contributed by atoms with E-state index in [4.69, 9.17) is 4.74 Å². The molecule has 7 nitrogen and oxygen atoms in total. The van der Waals surface area contributed by atoms with Gasteiger partial charge >= 0.3 is 0 Å². The Bertz CT molecular complexity index is 927. The third kappa shape index (κ3) is 3.20. The molecule has 26 heavy (non-hydrogen) atoms. The van der Waals surface area contributed by atoms with Crippen molar-refractivity contribution in [2.75, 3.05) is 7.11 Å². The summed E-state index contributed by atoms with van der Waals surface area (Å²) >= 11 is 0. The molecule has 0 spiro atoms. The predicted octanol–water partition coefficient (Wildman–Crippen LogP) is 1.67. The highest BCUT2D eigenvalue weighted by atomic mass is 16.5. The van der Waals surface area contributed by atoms with Gasteiger partial charge in [0.05, 0.1) is 24.1 Å². The van der Waals surface area contributed by atoms with Gasteiger partial charge < -0.3 is 4.74 Å². The molecule has 0 saturated heterocycles. The van der Waals surface area contributed by atoms with Crippen LogP contribution in [0.2, 0.25) is 0 Å². The Morgan fingerprint density at radius 2 is 1.73 bits per heavy atom. The summed E-state index contributed by atoms with van der Waals surface area (Å²) in [5, 5.41) is 4.17. The number of carbonyl (C=O) groups excluding carboxylic acids is 3. The Hall–Kier alpha value is -3.09. The largest absolute Gasteiger partial charge is 0.497 e. The van der Waals surface area contributed by atoms with E-state index in [1.807, 2.05) is 0 Å². The van der Waals surface area contributed by atoms with Crippen molar-refractivity contribution in [3.8, 4) is 11.4 Å². The standard InChI is InChI=1S/C19H18N2O5/c1-11-10-14(18(24)17-15(22)4-3-5-16(17)23)19(25)21(20-11)12-6-8-13(26-2)9-7-12/h6-10,17H,3-5H2,1-2H3. The minimum Gasteiger partial charge on any atom is -0.497 e. The molecule has 0 N–H and O–H groups in total. The molecule has 1 aromatic carbocycles. The molecule has 1 aromatic heterocycles. The third-order valence-corrected chi connectivity index (χ3v) is 4.37. The molecule has 2 aromatic rings. The molecule has 0 bridgehead atoms. The van der Waals surface area contributed by atoms with Crippen LogP contribution in [0.25, 0.3) is 5.69 Å². The lowest BCUT2D eigenvalue weighted by Gasteiger charge is -2.18. The van der Waals surface area contributed by atoms with Crippen LogP contribution in [0, 0.1) is 12.8 Å². The summed E-state index contributed by atoms with van der Waals surface area (Å²) in [5.41, 5.74) is 0.0354. The van der Waals surface area contributed by atoms with Gasteiger partial charge in [-0.05, 0) is 43.7 Å². The number of nitrogens with zero attached hydrogens (tertiary/aromatic N) is 2. The Morgan fingerprint density at radius 1 is 1.12 bits per heavy atom. The maximum atomic E-state index is 12.8. The van der Waals surface area contributed by atoms with E-state index in [9.17, 15) is 19.2 Å².